The second-order valence-corrected chi connectivity index (χ2v) is 5.65. The minimum atomic E-state index is -0.148. The lowest BCUT2D eigenvalue weighted by molar-refractivity contribution is -0.121. The maximum absolute atomic E-state index is 12.2. The van der Waals surface area contributed by atoms with Crippen LogP contribution < -0.4 is 16.0 Å². The first-order valence-electron chi connectivity index (χ1n) is 7.97. The number of amides is 2. The average molecular weight is 325 g/mol. The molecule has 24 heavy (non-hydrogen) atoms. The molecule has 5 heteroatoms. The van der Waals surface area contributed by atoms with Crippen LogP contribution in [0.15, 0.2) is 48.5 Å². The number of nitrogens with one attached hydrogen (secondary N) is 3. The first kappa shape index (κ1) is 17.7. The van der Waals surface area contributed by atoms with Crippen molar-refractivity contribution in [3.63, 3.8) is 0 Å². The number of carbonyl (C=O) groups excluding carboxylic acids is 2. The second-order valence-electron chi connectivity index (χ2n) is 5.65. The molecule has 0 spiro atoms. The highest BCUT2D eigenvalue weighted by Gasteiger charge is 2.06. The number of anilines is 1. The Morgan fingerprint density at radius 3 is 2.50 bits per heavy atom. The van der Waals surface area contributed by atoms with Crippen LogP contribution in [0, 0.1) is 6.92 Å². The molecule has 0 aliphatic heterocycles. The summed E-state index contributed by atoms with van der Waals surface area (Å²) in [5.41, 5.74) is 3.38. The normalized spacial score (nSPS) is 10.2. The first-order chi connectivity index (χ1) is 11.6. The lowest BCUT2D eigenvalue weighted by atomic mass is 10.1. The molecule has 126 valence electrons. The molecular formula is C19H23N3O2. The van der Waals surface area contributed by atoms with Crippen molar-refractivity contribution in [3.05, 3.63) is 65.2 Å². The van der Waals surface area contributed by atoms with Crippen LogP contribution in [-0.4, -0.2) is 25.4 Å². The summed E-state index contributed by atoms with van der Waals surface area (Å²) < 4.78 is 0. The summed E-state index contributed by atoms with van der Waals surface area (Å²) >= 11 is 0. The fourth-order valence-electron chi connectivity index (χ4n) is 2.19. The Bertz CT molecular complexity index is 696. The van der Waals surface area contributed by atoms with Gasteiger partial charge in [-0.3, -0.25) is 9.59 Å². The molecule has 0 fully saturated rings. The van der Waals surface area contributed by atoms with Crippen LogP contribution in [0.5, 0.6) is 0 Å². The SMILES string of the molecule is CNCCC(=O)NCc1cccc(NC(=O)c2ccc(C)cc2)c1. The van der Waals surface area contributed by atoms with Gasteiger partial charge in [-0.15, -0.1) is 0 Å². The fraction of sp³-hybridized carbons (Fsp3) is 0.263. The van der Waals surface area contributed by atoms with Crippen LogP contribution in [0.2, 0.25) is 0 Å². The van der Waals surface area contributed by atoms with Crippen LogP contribution >= 0.6 is 0 Å². The van der Waals surface area contributed by atoms with Crippen molar-refractivity contribution in [2.45, 2.75) is 19.9 Å². The van der Waals surface area contributed by atoms with E-state index in [4.69, 9.17) is 0 Å². The van der Waals surface area contributed by atoms with Gasteiger partial charge in [-0.1, -0.05) is 29.8 Å². The Labute approximate surface area is 142 Å². The van der Waals surface area contributed by atoms with Crippen LogP contribution in [0.25, 0.3) is 0 Å². The standard InChI is InChI=1S/C19H23N3O2/c1-14-6-8-16(9-7-14)19(24)22-17-5-3-4-15(12-17)13-21-18(23)10-11-20-2/h3-9,12,20H,10-11,13H2,1-2H3,(H,21,23)(H,22,24). The molecule has 0 aromatic heterocycles. The van der Waals surface area contributed by atoms with Crippen molar-refractivity contribution in [1.82, 2.24) is 10.6 Å². The molecule has 2 aromatic rings. The topological polar surface area (TPSA) is 70.2 Å². The summed E-state index contributed by atoms with van der Waals surface area (Å²) in [6.07, 6.45) is 0.445. The van der Waals surface area contributed by atoms with E-state index in [1.54, 1.807) is 12.1 Å². The van der Waals surface area contributed by atoms with Gasteiger partial charge in [0.15, 0.2) is 0 Å². The van der Waals surface area contributed by atoms with Gasteiger partial charge in [0.25, 0.3) is 5.91 Å². The third kappa shape index (κ3) is 5.52. The van der Waals surface area contributed by atoms with Crippen molar-refractivity contribution in [2.75, 3.05) is 18.9 Å². The summed E-state index contributed by atoms with van der Waals surface area (Å²) in [5.74, 6) is -0.149. The average Bonchev–Trinajstić information content (AvgIpc) is 2.59. The molecular weight excluding hydrogens is 302 g/mol. The summed E-state index contributed by atoms with van der Waals surface area (Å²) in [7, 11) is 1.81. The Balaban J connectivity index is 1.93. The minimum Gasteiger partial charge on any atom is -0.352 e. The number of carbonyl (C=O) groups is 2. The Morgan fingerprint density at radius 2 is 1.79 bits per heavy atom. The van der Waals surface area contributed by atoms with E-state index in [1.807, 2.05) is 50.4 Å². The molecule has 0 unspecified atom stereocenters. The summed E-state index contributed by atoms with van der Waals surface area (Å²) in [6.45, 7) is 3.07. The van der Waals surface area contributed by atoms with Crippen LogP contribution in [0.3, 0.4) is 0 Å². The zero-order chi connectivity index (χ0) is 17.4. The molecule has 0 aliphatic carbocycles. The Hall–Kier alpha value is -2.66. The minimum absolute atomic E-state index is 0.00144. The molecule has 0 radical (unpaired) electrons. The molecule has 0 bridgehead atoms. The van der Waals surface area contributed by atoms with Crippen molar-refractivity contribution < 1.29 is 9.59 Å². The highest BCUT2D eigenvalue weighted by atomic mass is 16.2. The number of benzene rings is 2. The molecule has 2 rings (SSSR count). The van der Waals surface area contributed by atoms with E-state index in [0.717, 1.165) is 11.1 Å². The maximum Gasteiger partial charge on any atom is 0.255 e. The predicted octanol–water partition coefficient (Wildman–Crippen LogP) is 2.47. The summed E-state index contributed by atoms with van der Waals surface area (Å²) in [4.78, 5) is 23.9. The van der Waals surface area contributed by atoms with Gasteiger partial charge >= 0.3 is 0 Å². The quantitative estimate of drug-likeness (QED) is 0.732. The smallest absolute Gasteiger partial charge is 0.255 e. The molecule has 5 nitrogen and oxygen atoms in total. The molecule has 2 aromatic carbocycles. The van der Waals surface area contributed by atoms with Crippen LogP contribution in [0.1, 0.15) is 27.9 Å². The van der Waals surface area contributed by atoms with E-state index < -0.39 is 0 Å². The monoisotopic (exact) mass is 325 g/mol. The zero-order valence-corrected chi connectivity index (χ0v) is 14.1. The molecule has 0 aliphatic rings. The van der Waals surface area contributed by atoms with Gasteiger partial charge in [-0.05, 0) is 43.8 Å². The number of hydrogen-bond donors (Lipinski definition) is 3. The van der Waals surface area contributed by atoms with Crippen molar-refractivity contribution in [3.8, 4) is 0 Å². The van der Waals surface area contributed by atoms with Crippen molar-refractivity contribution in [1.29, 1.82) is 0 Å². The Morgan fingerprint density at radius 1 is 1.04 bits per heavy atom. The molecule has 0 heterocycles. The van der Waals surface area contributed by atoms with E-state index in [0.29, 0.717) is 30.8 Å². The van der Waals surface area contributed by atoms with E-state index in [1.165, 1.54) is 0 Å². The zero-order valence-electron chi connectivity index (χ0n) is 14.1. The lowest BCUT2D eigenvalue weighted by Gasteiger charge is -2.09. The highest BCUT2D eigenvalue weighted by molar-refractivity contribution is 6.04. The highest BCUT2D eigenvalue weighted by Crippen LogP contribution is 2.13. The first-order valence-corrected chi connectivity index (χ1v) is 7.97. The van der Waals surface area contributed by atoms with E-state index in [9.17, 15) is 9.59 Å². The lowest BCUT2D eigenvalue weighted by Crippen LogP contribution is -2.26. The van der Waals surface area contributed by atoms with Gasteiger partial charge in [-0.25, -0.2) is 0 Å². The van der Waals surface area contributed by atoms with Gasteiger partial charge in [0, 0.05) is 30.8 Å². The molecule has 2 amide bonds. The predicted molar refractivity (Wildman–Crippen MR) is 96.0 cm³/mol. The van der Waals surface area contributed by atoms with Gasteiger partial charge in [0.1, 0.15) is 0 Å². The second kappa shape index (κ2) is 8.84. The number of aryl methyl sites for hydroxylation is 1. The number of hydrogen-bond acceptors (Lipinski definition) is 3. The third-order valence-electron chi connectivity index (χ3n) is 3.59. The van der Waals surface area contributed by atoms with Gasteiger partial charge in [0.2, 0.25) is 5.91 Å². The largest absolute Gasteiger partial charge is 0.352 e. The van der Waals surface area contributed by atoms with Gasteiger partial charge in [0.05, 0.1) is 0 Å². The number of rotatable bonds is 7. The molecule has 0 atom stereocenters. The molecule has 0 saturated heterocycles. The maximum atomic E-state index is 12.2. The van der Waals surface area contributed by atoms with Crippen molar-refractivity contribution >= 4 is 17.5 Å². The van der Waals surface area contributed by atoms with Gasteiger partial charge < -0.3 is 16.0 Å². The van der Waals surface area contributed by atoms with Crippen LogP contribution in [0.4, 0.5) is 5.69 Å². The third-order valence-corrected chi connectivity index (χ3v) is 3.59. The van der Waals surface area contributed by atoms with E-state index in [2.05, 4.69) is 16.0 Å². The molecule has 0 saturated carbocycles. The summed E-state index contributed by atoms with van der Waals surface area (Å²) in [6, 6.07) is 14.9. The summed E-state index contributed by atoms with van der Waals surface area (Å²) in [5, 5.41) is 8.68. The van der Waals surface area contributed by atoms with Crippen LogP contribution in [-0.2, 0) is 11.3 Å². The fourth-order valence-corrected chi connectivity index (χ4v) is 2.19. The Kier molecular flexibility index (Phi) is 6.51. The van der Waals surface area contributed by atoms with Crippen molar-refractivity contribution in [2.24, 2.45) is 0 Å². The van der Waals surface area contributed by atoms with E-state index >= 15 is 0 Å². The molecule has 3 N–H and O–H groups in total. The van der Waals surface area contributed by atoms with E-state index in [-0.39, 0.29) is 11.8 Å². The van der Waals surface area contributed by atoms with Gasteiger partial charge in [-0.2, -0.15) is 0 Å².